The molecule has 3 nitrogen and oxygen atoms in total. The van der Waals surface area contributed by atoms with Crippen molar-refractivity contribution in [3.63, 3.8) is 0 Å². The van der Waals surface area contributed by atoms with Crippen LogP contribution in [0.3, 0.4) is 0 Å². The third kappa shape index (κ3) is 3.09. The monoisotopic (exact) mass is 261 g/mol. The standard InChI is InChI=1S/C16H23NO2/c1-12(2)13-7-6-10-16(11-13,15(18)19)17-14-8-4-3-5-9-14/h3-5,8-9,12-13,17H,6-7,10-11H2,1-2H3,(H,18,19). The van der Waals surface area contributed by atoms with Crippen LogP contribution in [0, 0.1) is 11.8 Å². The van der Waals surface area contributed by atoms with Crippen molar-refractivity contribution in [3.05, 3.63) is 30.3 Å². The predicted molar refractivity (Wildman–Crippen MR) is 77.2 cm³/mol. The molecule has 0 radical (unpaired) electrons. The molecule has 0 spiro atoms. The second-order valence-electron chi connectivity index (χ2n) is 5.98. The zero-order chi connectivity index (χ0) is 13.9. The van der Waals surface area contributed by atoms with Gasteiger partial charge in [-0.2, -0.15) is 0 Å². The number of para-hydroxylation sites is 1. The number of aliphatic carboxylic acids is 1. The summed E-state index contributed by atoms with van der Waals surface area (Å²) in [5, 5.41) is 13.0. The van der Waals surface area contributed by atoms with E-state index in [0.29, 0.717) is 18.3 Å². The maximum Gasteiger partial charge on any atom is 0.329 e. The van der Waals surface area contributed by atoms with E-state index in [-0.39, 0.29) is 0 Å². The third-order valence-corrected chi connectivity index (χ3v) is 4.30. The molecule has 1 aromatic rings. The SMILES string of the molecule is CC(C)C1CCCC(Nc2ccccc2)(C(=O)O)C1. The molecule has 0 aliphatic heterocycles. The highest BCUT2D eigenvalue weighted by atomic mass is 16.4. The maximum absolute atomic E-state index is 11.8. The van der Waals surface area contributed by atoms with Crippen molar-refractivity contribution in [1.82, 2.24) is 0 Å². The van der Waals surface area contributed by atoms with Crippen molar-refractivity contribution >= 4 is 11.7 Å². The average molecular weight is 261 g/mol. The summed E-state index contributed by atoms with van der Waals surface area (Å²) in [6.45, 7) is 4.37. The van der Waals surface area contributed by atoms with Gasteiger partial charge in [-0.15, -0.1) is 0 Å². The highest BCUT2D eigenvalue weighted by Gasteiger charge is 2.43. The molecule has 0 saturated heterocycles. The van der Waals surface area contributed by atoms with E-state index in [9.17, 15) is 9.90 Å². The number of rotatable bonds is 4. The molecule has 2 rings (SSSR count). The van der Waals surface area contributed by atoms with Crippen molar-refractivity contribution in [3.8, 4) is 0 Å². The van der Waals surface area contributed by atoms with Gasteiger partial charge in [-0.05, 0) is 43.2 Å². The van der Waals surface area contributed by atoms with E-state index in [1.54, 1.807) is 0 Å². The van der Waals surface area contributed by atoms with Crippen molar-refractivity contribution in [2.24, 2.45) is 11.8 Å². The fourth-order valence-corrected chi connectivity index (χ4v) is 3.05. The molecular formula is C16H23NO2. The number of benzene rings is 1. The van der Waals surface area contributed by atoms with Crippen LogP contribution in [-0.2, 0) is 4.79 Å². The van der Waals surface area contributed by atoms with Gasteiger partial charge in [0.2, 0.25) is 0 Å². The van der Waals surface area contributed by atoms with Crippen LogP contribution in [0.25, 0.3) is 0 Å². The van der Waals surface area contributed by atoms with Crippen molar-refractivity contribution < 1.29 is 9.90 Å². The minimum absolute atomic E-state index is 0.487. The lowest BCUT2D eigenvalue weighted by atomic mass is 9.71. The molecule has 1 aliphatic carbocycles. The first-order valence-electron chi connectivity index (χ1n) is 7.10. The van der Waals surface area contributed by atoms with E-state index in [4.69, 9.17) is 0 Å². The number of hydrogen-bond donors (Lipinski definition) is 2. The smallest absolute Gasteiger partial charge is 0.329 e. The number of anilines is 1. The van der Waals surface area contributed by atoms with Gasteiger partial charge >= 0.3 is 5.97 Å². The molecule has 2 atom stereocenters. The Balaban J connectivity index is 2.20. The van der Waals surface area contributed by atoms with Crippen LogP contribution in [0.5, 0.6) is 0 Å². The summed E-state index contributed by atoms with van der Waals surface area (Å²) in [6.07, 6.45) is 3.55. The van der Waals surface area contributed by atoms with Crippen LogP contribution in [-0.4, -0.2) is 16.6 Å². The van der Waals surface area contributed by atoms with Crippen LogP contribution in [0.15, 0.2) is 30.3 Å². The number of carboxylic acids is 1. The third-order valence-electron chi connectivity index (χ3n) is 4.30. The number of hydrogen-bond acceptors (Lipinski definition) is 2. The summed E-state index contributed by atoms with van der Waals surface area (Å²) in [5.41, 5.74) is 0.100. The van der Waals surface area contributed by atoms with Crippen molar-refractivity contribution in [1.29, 1.82) is 0 Å². The Morgan fingerprint density at radius 1 is 1.37 bits per heavy atom. The van der Waals surface area contributed by atoms with E-state index in [0.717, 1.165) is 24.9 Å². The van der Waals surface area contributed by atoms with Crippen molar-refractivity contribution in [2.75, 3.05) is 5.32 Å². The summed E-state index contributed by atoms with van der Waals surface area (Å²) >= 11 is 0. The molecule has 1 fully saturated rings. The average Bonchev–Trinajstić information content (AvgIpc) is 2.40. The molecule has 1 aliphatic rings. The van der Waals surface area contributed by atoms with E-state index in [1.165, 1.54) is 0 Å². The maximum atomic E-state index is 11.8. The summed E-state index contributed by atoms with van der Waals surface area (Å²) in [5.74, 6) is 0.305. The Morgan fingerprint density at radius 2 is 2.05 bits per heavy atom. The molecule has 1 saturated carbocycles. The topological polar surface area (TPSA) is 49.3 Å². The highest BCUT2D eigenvalue weighted by Crippen LogP contribution is 2.38. The second-order valence-corrected chi connectivity index (χ2v) is 5.98. The van der Waals surface area contributed by atoms with E-state index >= 15 is 0 Å². The van der Waals surface area contributed by atoms with Gasteiger partial charge in [0.05, 0.1) is 0 Å². The molecule has 1 aromatic carbocycles. The number of nitrogens with one attached hydrogen (secondary N) is 1. The van der Waals surface area contributed by atoms with E-state index in [2.05, 4.69) is 19.2 Å². The van der Waals surface area contributed by atoms with Gasteiger partial charge in [0.1, 0.15) is 5.54 Å². The summed E-state index contributed by atoms with van der Waals surface area (Å²) in [6, 6.07) is 9.67. The Hall–Kier alpha value is -1.51. The molecular weight excluding hydrogens is 238 g/mol. The molecule has 0 heterocycles. The largest absolute Gasteiger partial charge is 0.480 e. The first-order chi connectivity index (χ1) is 9.03. The summed E-state index contributed by atoms with van der Waals surface area (Å²) in [7, 11) is 0. The van der Waals surface area contributed by atoms with Crippen LogP contribution >= 0.6 is 0 Å². The molecule has 19 heavy (non-hydrogen) atoms. The molecule has 2 unspecified atom stereocenters. The molecule has 0 amide bonds. The molecule has 0 aromatic heterocycles. The lowest BCUT2D eigenvalue weighted by molar-refractivity contribution is -0.144. The minimum atomic E-state index is -0.797. The Bertz CT molecular complexity index is 430. The quantitative estimate of drug-likeness (QED) is 0.867. The lowest BCUT2D eigenvalue weighted by Crippen LogP contribution is -2.50. The minimum Gasteiger partial charge on any atom is -0.480 e. The second kappa shape index (κ2) is 5.64. The number of carboxylic acid groups (broad SMARTS) is 1. The Labute approximate surface area is 115 Å². The molecule has 0 bridgehead atoms. The van der Waals surface area contributed by atoms with Gasteiger partial charge in [-0.3, -0.25) is 0 Å². The van der Waals surface area contributed by atoms with Gasteiger partial charge in [0.15, 0.2) is 0 Å². The zero-order valence-electron chi connectivity index (χ0n) is 11.7. The summed E-state index contributed by atoms with van der Waals surface area (Å²) in [4.78, 5) is 11.8. The highest BCUT2D eigenvalue weighted by molar-refractivity contribution is 5.83. The molecule has 104 valence electrons. The molecule has 2 N–H and O–H groups in total. The Kier molecular flexibility index (Phi) is 4.13. The van der Waals surface area contributed by atoms with Crippen LogP contribution < -0.4 is 5.32 Å². The zero-order valence-corrected chi connectivity index (χ0v) is 11.7. The van der Waals surface area contributed by atoms with Crippen LogP contribution in [0.4, 0.5) is 5.69 Å². The van der Waals surface area contributed by atoms with Gasteiger partial charge in [-0.25, -0.2) is 4.79 Å². The summed E-state index contributed by atoms with van der Waals surface area (Å²) < 4.78 is 0. The van der Waals surface area contributed by atoms with Gasteiger partial charge < -0.3 is 10.4 Å². The van der Waals surface area contributed by atoms with Crippen molar-refractivity contribution in [2.45, 2.75) is 45.1 Å². The number of carbonyl (C=O) groups is 1. The predicted octanol–water partition coefficient (Wildman–Crippen LogP) is 3.77. The van der Waals surface area contributed by atoms with Gasteiger partial charge in [0.25, 0.3) is 0 Å². The fourth-order valence-electron chi connectivity index (χ4n) is 3.05. The normalized spacial score (nSPS) is 27.2. The van der Waals surface area contributed by atoms with Gasteiger partial charge in [-0.1, -0.05) is 38.5 Å². The molecule has 3 heteroatoms. The Morgan fingerprint density at radius 3 is 2.63 bits per heavy atom. The lowest BCUT2D eigenvalue weighted by Gasteiger charge is -2.40. The van der Waals surface area contributed by atoms with E-state index in [1.807, 2.05) is 30.3 Å². The van der Waals surface area contributed by atoms with Crippen LogP contribution in [0.1, 0.15) is 39.5 Å². The fraction of sp³-hybridized carbons (Fsp3) is 0.562. The van der Waals surface area contributed by atoms with E-state index < -0.39 is 11.5 Å². The van der Waals surface area contributed by atoms with Gasteiger partial charge in [0, 0.05) is 5.69 Å². The first-order valence-corrected chi connectivity index (χ1v) is 7.10. The van der Waals surface area contributed by atoms with Crippen LogP contribution in [0.2, 0.25) is 0 Å². The first kappa shape index (κ1) is 13.9.